The summed E-state index contributed by atoms with van der Waals surface area (Å²) in [5, 5.41) is 6.66. The van der Waals surface area contributed by atoms with Gasteiger partial charge in [-0.05, 0) is 42.3 Å². The van der Waals surface area contributed by atoms with Crippen LogP contribution in [0.25, 0.3) is 11.3 Å². The summed E-state index contributed by atoms with van der Waals surface area (Å²) in [4.78, 5) is 16.7. The van der Waals surface area contributed by atoms with Crippen molar-refractivity contribution in [2.24, 2.45) is 0 Å². The van der Waals surface area contributed by atoms with Crippen LogP contribution in [0.2, 0.25) is 0 Å². The SMILES string of the molecule is CCc1cc(C(=O)NCC2Cc3cc(-c4ccc(C)cn4)ccc3O2)no1. The number of carbonyl (C=O) groups excluding carboxylic acids is 1. The molecule has 27 heavy (non-hydrogen) atoms. The van der Waals surface area contributed by atoms with Crippen LogP contribution in [0.4, 0.5) is 0 Å². The quantitative estimate of drug-likeness (QED) is 0.752. The molecule has 1 atom stereocenters. The zero-order valence-electron chi connectivity index (χ0n) is 15.4. The lowest BCUT2D eigenvalue weighted by Crippen LogP contribution is -2.34. The van der Waals surface area contributed by atoms with Crippen molar-refractivity contribution in [1.82, 2.24) is 15.5 Å². The monoisotopic (exact) mass is 363 g/mol. The van der Waals surface area contributed by atoms with Crippen molar-refractivity contribution in [2.45, 2.75) is 32.8 Å². The summed E-state index contributed by atoms with van der Waals surface area (Å²) in [6.07, 6.45) is 3.22. The van der Waals surface area contributed by atoms with Crippen molar-refractivity contribution >= 4 is 5.91 Å². The van der Waals surface area contributed by atoms with Crippen molar-refractivity contribution in [3.05, 3.63) is 65.2 Å². The molecule has 0 spiro atoms. The van der Waals surface area contributed by atoms with Crippen LogP contribution < -0.4 is 10.1 Å². The molecule has 6 nitrogen and oxygen atoms in total. The Kier molecular flexibility index (Phi) is 4.62. The highest BCUT2D eigenvalue weighted by Gasteiger charge is 2.24. The predicted octanol–water partition coefficient (Wildman–Crippen LogP) is 3.34. The summed E-state index contributed by atoms with van der Waals surface area (Å²) in [5.41, 5.74) is 4.57. The molecule has 3 heterocycles. The fraction of sp³-hybridized carbons (Fsp3) is 0.286. The van der Waals surface area contributed by atoms with Gasteiger partial charge in [-0.1, -0.05) is 18.1 Å². The summed E-state index contributed by atoms with van der Waals surface area (Å²) in [7, 11) is 0. The van der Waals surface area contributed by atoms with Gasteiger partial charge in [0.2, 0.25) is 0 Å². The summed E-state index contributed by atoms with van der Waals surface area (Å²) >= 11 is 0. The molecule has 1 unspecified atom stereocenters. The van der Waals surface area contributed by atoms with E-state index in [-0.39, 0.29) is 12.0 Å². The molecule has 138 valence electrons. The maximum Gasteiger partial charge on any atom is 0.273 e. The normalized spacial score (nSPS) is 15.3. The summed E-state index contributed by atoms with van der Waals surface area (Å²) in [5.74, 6) is 1.31. The Hall–Kier alpha value is -3.15. The average molecular weight is 363 g/mol. The number of pyridine rings is 1. The van der Waals surface area contributed by atoms with E-state index in [0.717, 1.165) is 34.6 Å². The third-order valence-electron chi connectivity index (χ3n) is 4.64. The minimum absolute atomic E-state index is 0.0947. The second kappa shape index (κ2) is 7.23. The van der Waals surface area contributed by atoms with E-state index in [1.54, 1.807) is 6.07 Å². The zero-order chi connectivity index (χ0) is 18.8. The van der Waals surface area contributed by atoms with Crippen LogP contribution in [0, 0.1) is 6.92 Å². The van der Waals surface area contributed by atoms with Gasteiger partial charge in [0, 0.05) is 30.7 Å². The predicted molar refractivity (Wildman–Crippen MR) is 101 cm³/mol. The molecule has 1 aromatic carbocycles. The van der Waals surface area contributed by atoms with Gasteiger partial charge in [0.25, 0.3) is 5.91 Å². The molecular weight excluding hydrogens is 342 g/mol. The summed E-state index contributed by atoms with van der Waals surface area (Å²) in [6, 6.07) is 11.8. The van der Waals surface area contributed by atoms with Crippen molar-refractivity contribution < 1.29 is 14.1 Å². The molecular formula is C21H21N3O3. The maximum atomic E-state index is 12.2. The molecule has 3 aromatic rings. The number of hydrogen-bond donors (Lipinski definition) is 1. The number of aryl methyl sites for hydroxylation is 2. The van der Waals surface area contributed by atoms with Gasteiger partial charge in [-0.15, -0.1) is 0 Å². The number of ether oxygens (including phenoxy) is 1. The first-order valence-electron chi connectivity index (χ1n) is 9.09. The molecule has 6 heteroatoms. The molecule has 0 radical (unpaired) electrons. The van der Waals surface area contributed by atoms with Crippen LogP contribution >= 0.6 is 0 Å². The van der Waals surface area contributed by atoms with E-state index in [0.29, 0.717) is 24.4 Å². The minimum atomic E-state index is -0.248. The van der Waals surface area contributed by atoms with Gasteiger partial charge in [0.1, 0.15) is 17.6 Å². The molecule has 4 rings (SSSR count). The molecule has 0 saturated heterocycles. The van der Waals surface area contributed by atoms with Crippen molar-refractivity contribution in [1.29, 1.82) is 0 Å². The first-order valence-corrected chi connectivity index (χ1v) is 9.09. The zero-order valence-corrected chi connectivity index (χ0v) is 15.4. The summed E-state index contributed by atoms with van der Waals surface area (Å²) < 4.78 is 11.0. The number of nitrogens with zero attached hydrogens (tertiary/aromatic N) is 2. The number of carbonyl (C=O) groups is 1. The van der Waals surface area contributed by atoms with E-state index in [9.17, 15) is 4.79 Å². The maximum absolute atomic E-state index is 12.2. The molecule has 0 saturated carbocycles. The number of benzene rings is 1. The van der Waals surface area contributed by atoms with Crippen LogP contribution in [0.15, 0.2) is 47.1 Å². The molecule has 1 aliphatic heterocycles. The van der Waals surface area contributed by atoms with E-state index in [1.165, 1.54) is 0 Å². The molecule has 0 aliphatic carbocycles. The fourth-order valence-corrected chi connectivity index (χ4v) is 3.12. The number of amides is 1. The fourth-order valence-electron chi connectivity index (χ4n) is 3.12. The van der Waals surface area contributed by atoms with Gasteiger partial charge in [-0.3, -0.25) is 9.78 Å². The Morgan fingerprint density at radius 2 is 2.15 bits per heavy atom. The second-order valence-corrected chi connectivity index (χ2v) is 6.73. The largest absolute Gasteiger partial charge is 0.488 e. The molecule has 2 aromatic heterocycles. The van der Waals surface area contributed by atoms with Crippen LogP contribution in [-0.4, -0.2) is 28.7 Å². The Bertz CT molecular complexity index is 963. The first kappa shape index (κ1) is 17.3. The van der Waals surface area contributed by atoms with Crippen molar-refractivity contribution in [3.63, 3.8) is 0 Å². The Labute approximate surface area is 157 Å². The van der Waals surface area contributed by atoms with Gasteiger partial charge in [0.15, 0.2) is 5.69 Å². The molecule has 1 aliphatic rings. The van der Waals surface area contributed by atoms with Crippen LogP contribution in [0.1, 0.15) is 34.3 Å². The Morgan fingerprint density at radius 1 is 1.26 bits per heavy atom. The smallest absolute Gasteiger partial charge is 0.273 e. The van der Waals surface area contributed by atoms with Gasteiger partial charge >= 0.3 is 0 Å². The first-order chi connectivity index (χ1) is 13.1. The molecule has 1 N–H and O–H groups in total. The van der Waals surface area contributed by atoms with E-state index in [4.69, 9.17) is 9.26 Å². The molecule has 1 amide bonds. The third-order valence-corrected chi connectivity index (χ3v) is 4.64. The van der Waals surface area contributed by atoms with E-state index in [2.05, 4.69) is 27.6 Å². The van der Waals surface area contributed by atoms with Crippen LogP contribution in [-0.2, 0) is 12.8 Å². The number of aromatic nitrogens is 2. The Morgan fingerprint density at radius 3 is 2.89 bits per heavy atom. The van der Waals surface area contributed by atoms with Crippen molar-refractivity contribution in [2.75, 3.05) is 6.54 Å². The van der Waals surface area contributed by atoms with Gasteiger partial charge < -0.3 is 14.6 Å². The lowest BCUT2D eigenvalue weighted by molar-refractivity contribution is 0.0924. The number of rotatable bonds is 5. The summed E-state index contributed by atoms with van der Waals surface area (Å²) in [6.45, 7) is 4.39. The minimum Gasteiger partial charge on any atom is -0.488 e. The van der Waals surface area contributed by atoms with E-state index >= 15 is 0 Å². The number of nitrogens with one attached hydrogen (secondary N) is 1. The van der Waals surface area contributed by atoms with E-state index in [1.807, 2.05) is 38.2 Å². The highest BCUT2D eigenvalue weighted by Crippen LogP contribution is 2.32. The highest BCUT2D eigenvalue weighted by molar-refractivity contribution is 5.92. The van der Waals surface area contributed by atoms with Gasteiger partial charge in [-0.25, -0.2) is 0 Å². The van der Waals surface area contributed by atoms with Gasteiger partial charge in [0.05, 0.1) is 12.2 Å². The standard InChI is InChI=1S/C21H21N3O3/c1-3-16-10-19(24-27-16)21(25)23-12-17-9-15-8-14(5-7-20(15)26-17)18-6-4-13(2)11-22-18/h4-8,10-11,17H,3,9,12H2,1-2H3,(H,23,25). The van der Waals surface area contributed by atoms with Crippen LogP contribution in [0.5, 0.6) is 5.75 Å². The molecule has 0 fully saturated rings. The molecule has 0 bridgehead atoms. The van der Waals surface area contributed by atoms with Crippen molar-refractivity contribution in [3.8, 4) is 17.0 Å². The number of fused-ring (bicyclic) bond motifs is 1. The lowest BCUT2D eigenvalue weighted by Gasteiger charge is -2.10. The van der Waals surface area contributed by atoms with Gasteiger partial charge in [-0.2, -0.15) is 0 Å². The topological polar surface area (TPSA) is 77.2 Å². The average Bonchev–Trinajstić information content (AvgIpc) is 3.32. The van der Waals surface area contributed by atoms with E-state index < -0.39 is 0 Å². The lowest BCUT2D eigenvalue weighted by atomic mass is 10.0. The number of hydrogen-bond acceptors (Lipinski definition) is 5. The third kappa shape index (κ3) is 3.69. The highest BCUT2D eigenvalue weighted by atomic mass is 16.5. The Balaban J connectivity index is 1.39. The second-order valence-electron chi connectivity index (χ2n) is 6.73. The van der Waals surface area contributed by atoms with Crippen LogP contribution in [0.3, 0.4) is 0 Å².